The van der Waals surface area contributed by atoms with Crippen molar-refractivity contribution < 1.29 is 29.0 Å². The minimum absolute atomic E-state index is 0.289. The Bertz CT molecular complexity index is 910. The second-order valence-electron chi connectivity index (χ2n) is 8.62. The van der Waals surface area contributed by atoms with E-state index in [1.807, 2.05) is 81.4 Å². The fourth-order valence-corrected chi connectivity index (χ4v) is 8.35. The molecule has 0 saturated heterocycles. The maximum Gasteiger partial charge on any atom is 0.405 e. The SMILES string of the molecule is CC(C)(C)[Si](OCC(NC(=O)O)C(=O)NC(CO)C(N)=O)(c1ccccc1)c1ccccc1. The molecule has 2 aromatic rings. The molecule has 0 aromatic heterocycles. The van der Waals surface area contributed by atoms with Gasteiger partial charge < -0.3 is 31.0 Å². The molecule has 9 nitrogen and oxygen atoms in total. The van der Waals surface area contributed by atoms with Crippen LogP contribution >= 0.6 is 0 Å². The predicted octanol–water partition coefficient (Wildman–Crippen LogP) is 0.162. The maximum absolute atomic E-state index is 12.8. The van der Waals surface area contributed by atoms with Gasteiger partial charge in [-0.2, -0.15) is 0 Å². The summed E-state index contributed by atoms with van der Waals surface area (Å²) < 4.78 is 6.60. The molecule has 2 rings (SSSR count). The topological polar surface area (TPSA) is 151 Å². The molecule has 0 heterocycles. The second-order valence-corrected chi connectivity index (χ2v) is 12.9. The Balaban J connectivity index is 2.48. The number of rotatable bonds is 10. The Kier molecular flexibility index (Phi) is 8.74. The lowest BCUT2D eigenvalue weighted by Crippen LogP contribution is -2.68. The van der Waals surface area contributed by atoms with Crippen molar-refractivity contribution in [1.82, 2.24) is 10.6 Å². The zero-order chi connectivity index (χ0) is 24.6. The largest absolute Gasteiger partial charge is 0.465 e. The van der Waals surface area contributed by atoms with Crippen LogP contribution in [0.4, 0.5) is 4.79 Å². The van der Waals surface area contributed by atoms with E-state index in [1.54, 1.807) is 0 Å². The third-order valence-corrected chi connectivity index (χ3v) is 10.3. The molecule has 2 unspecified atom stereocenters. The maximum atomic E-state index is 12.8. The number of nitrogens with one attached hydrogen (secondary N) is 2. The van der Waals surface area contributed by atoms with Crippen molar-refractivity contribution >= 4 is 36.6 Å². The van der Waals surface area contributed by atoms with Crippen molar-refractivity contribution in [1.29, 1.82) is 0 Å². The van der Waals surface area contributed by atoms with E-state index in [4.69, 9.17) is 10.2 Å². The van der Waals surface area contributed by atoms with Gasteiger partial charge in [0.1, 0.15) is 12.1 Å². The number of hydrogen-bond acceptors (Lipinski definition) is 5. The van der Waals surface area contributed by atoms with E-state index in [0.29, 0.717) is 0 Å². The Morgan fingerprint density at radius 3 is 1.79 bits per heavy atom. The normalized spacial score (nSPS) is 13.6. The van der Waals surface area contributed by atoms with Crippen LogP contribution in [0.15, 0.2) is 60.7 Å². The first-order valence-electron chi connectivity index (χ1n) is 10.5. The lowest BCUT2D eigenvalue weighted by Gasteiger charge is -2.43. The summed E-state index contributed by atoms with van der Waals surface area (Å²) in [6, 6.07) is 16.6. The van der Waals surface area contributed by atoms with E-state index < -0.39 is 44.9 Å². The van der Waals surface area contributed by atoms with Crippen LogP contribution in [0.3, 0.4) is 0 Å². The zero-order valence-electron chi connectivity index (χ0n) is 18.9. The summed E-state index contributed by atoms with van der Waals surface area (Å²) in [5.74, 6) is -1.76. The molecular weight excluding hydrogens is 442 g/mol. The molecule has 0 aliphatic heterocycles. The van der Waals surface area contributed by atoms with Gasteiger partial charge >= 0.3 is 6.09 Å². The molecule has 0 radical (unpaired) electrons. The fourth-order valence-electron chi connectivity index (χ4n) is 3.78. The van der Waals surface area contributed by atoms with Gasteiger partial charge in [0, 0.05) is 0 Å². The Morgan fingerprint density at radius 1 is 0.939 bits per heavy atom. The second kappa shape index (κ2) is 11.1. The quantitative estimate of drug-likeness (QED) is 0.310. The third-order valence-electron chi connectivity index (χ3n) is 5.34. The average Bonchev–Trinajstić information content (AvgIpc) is 2.77. The number of benzene rings is 2. The number of hydrogen-bond donors (Lipinski definition) is 5. The van der Waals surface area contributed by atoms with Gasteiger partial charge in [0.2, 0.25) is 11.8 Å². The number of carboxylic acid groups (broad SMARTS) is 1. The first kappa shape index (κ1) is 26.0. The number of nitrogens with two attached hydrogens (primary N) is 1. The fraction of sp³-hybridized carbons (Fsp3) is 0.348. The van der Waals surface area contributed by atoms with Gasteiger partial charge in [-0.1, -0.05) is 81.4 Å². The van der Waals surface area contributed by atoms with E-state index in [-0.39, 0.29) is 11.6 Å². The number of carbonyl (C=O) groups is 3. The zero-order valence-corrected chi connectivity index (χ0v) is 19.9. The highest BCUT2D eigenvalue weighted by atomic mass is 28.4. The highest BCUT2D eigenvalue weighted by Gasteiger charge is 2.50. The molecule has 6 N–H and O–H groups in total. The van der Waals surface area contributed by atoms with Crippen molar-refractivity contribution in [2.75, 3.05) is 13.2 Å². The van der Waals surface area contributed by atoms with E-state index in [1.165, 1.54) is 0 Å². The van der Waals surface area contributed by atoms with Gasteiger partial charge in [0.05, 0.1) is 13.2 Å². The molecule has 3 amide bonds. The van der Waals surface area contributed by atoms with Gasteiger partial charge in [-0.25, -0.2) is 4.79 Å². The van der Waals surface area contributed by atoms with Crippen molar-refractivity contribution in [3.05, 3.63) is 60.7 Å². The smallest absolute Gasteiger partial charge is 0.405 e. The first-order chi connectivity index (χ1) is 15.5. The third kappa shape index (κ3) is 6.19. The van der Waals surface area contributed by atoms with Gasteiger partial charge in [0.15, 0.2) is 0 Å². The molecule has 0 spiro atoms. The highest BCUT2D eigenvalue weighted by Crippen LogP contribution is 2.36. The van der Waals surface area contributed by atoms with Crippen LogP contribution < -0.4 is 26.7 Å². The molecule has 0 bridgehead atoms. The van der Waals surface area contributed by atoms with Crippen LogP contribution in [-0.2, 0) is 14.0 Å². The molecule has 0 saturated carbocycles. The molecule has 0 fully saturated rings. The molecule has 33 heavy (non-hydrogen) atoms. The standard InChI is InChI=1S/C23H31N3O6Si/c1-23(2,3)33(16-10-6-4-7-11-16,17-12-8-5-9-13-17)32-15-19(26-22(30)31)21(29)25-18(14-27)20(24)28/h4-13,18-19,26-27H,14-15H2,1-3H3,(H2,24,28)(H,25,29)(H,30,31). The van der Waals surface area contributed by atoms with Gasteiger partial charge in [0.25, 0.3) is 8.32 Å². The number of primary amides is 1. The summed E-state index contributed by atoms with van der Waals surface area (Å²) in [6.45, 7) is 5.15. The lowest BCUT2D eigenvalue weighted by atomic mass is 10.2. The summed E-state index contributed by atoms with van der Waals surface area (Å²) in [7, 11) is -3.03. The number of amides is 3. The van der Waals surface area contributed by atoms with E-state index in [2.05, 4.69) is 10.6 Å². The number of aliphatic hydroxyl groups is 1. The van der Waals surface area contributed by atoms with Gasteiger partial charge in [-0.15, -0.1) is 0 Å². The van der Waals surface area contributed by atoms with Gasteiger partial charge in [-0.05, 0) is 15.4 Å². The van der Waals surface area contributed by atoms with Crippen LogP contribution in [0.25, 0.3) is 0 Å². The number of carbonyl (C=O) groups excluding carboxylic acids is 2. The summed E-state index contributed by atoms with van der Waals surface area (Å²) in [5.41, 5.74) is 5.17. The van der Waals surface area contributed by atoms with Gasteiger partial charge in [-0.3, -0.25) is 9.59 Å². The summed E-state index contributed by atoms with van der Waals surface area (Å²) in [6.07, 6.45) is -1.43. The number of aliphatic hydroxyl groups excluding tert-OH is 1. The minimum Gasteiger partial charge on any atom is -0.465 e. The Morgan fingerprint density at radius 2 is 1.42 bits per heavy atom. The average molecular weight is 474 g/mol. The first-order valence-corrected chi connectivity index (χ1v) is 12.4. The molecule has 10 heteroatoms. The monoisotopic (exact) mass is 473 g/mol. The summed E-state index contributed by atoms with van der Waals surface area (Å²) in [5, 5.41) is 24.5. The van der Waals surface area contributed by atoms with Crippen LogP contribution in [0.1, 0.15) is 20.8 Å². The molecule has 2 aromatic carbocycles. The van der Waals surface area contributed by atoms with Crippen molar-refractivity contribution in [2.24, 2.45) is 5.73 Å². The lowest BCUT2D eigenvalue weighted by molar-refractivity contribution is -0.129. The van der Waals surface area contributed by atoms with Crippen LogP contribution in [0.5, 0.6) is 0 Å². The van der Waals surface area contributed by atoms with Crippen molar-refractivity contribution in [2.45, 2.75) is 37.9 Å². The molecule has 178 valence electrons. The highest BCUT2D eigenvalue weighted by molar-refractivity contribution is 6.99. The predicted molar refractivity (Wildman–Crippen MR) is 127 cm³/mol. The van der Waals surface area contributed by atoms with Crippen molar-refractivity contribution in [3.63, 3.8) is 0 Å². The van der Waals surface area contributed by atoms with Crippen molar-refractivity contribution in [3.8, 4) is 0 Å². The van der Waals surface area contributed by atoms with Crippen LogP contribution in [-0.4, -0.2) is 61.7 Å². The summed E-state index contributed by atoms with van der Waals surface area (Å²) in [4.78, 5) is 35.6. The van der Waals surface area contributed by atoms with E-state index in [0.717, 1.165) is 10.4 Å². The Labute approximate surface area is 194 Å². The molecule has 2 atom stereocenters. The van der Waals surface area contributed by atoms with Crippen LogP contribution in [0.2, 0.25) is 5.04 Å². The van der Waals surface area contributed by atoms with E-state index in [9.17, 15) is 24.6 Å². The van der Waals surface area contributed by atoms with Crippen LogP contribution in [0, 0.1) is 0 Å². The molecular formula is C23H31N3O6Si. The van der Waals surface area contributed by atoms with E-state index >= 15 is 0 Å². The molecule has 0 aliphatic rings. The molecule has 0 aliphatic carbocycles. The Hall–Kier alpha value is -3.21. The summed E-state index contributed by atoms with van der Waals surface area (Å²) >= 11 is 0. The minimum atomic E-state index is -3.03.